The van der Waals surface area contributed by atoms with Crippen LogP contribution in [0.5, 0.6) is 0 Å². The maximum Gasteiger partial charge on any atom is -0.00671 e. The minimum Gasteiger partial charge on any atom is -0.0757 e. The maximum atomic E-state index is 2.49. The number of rotatable bonds is 2. The van der Waals surface area contributed by atoms with Crippen molar-refractivity contribution in [2.24, 2.45) is 5.92 Å². The van der Waals surface area contributed by atoms with Crippen LogP contribution >= 0.6 is 0 Å². The van der Waals surface area contributed by atoms with Crippen molar-refractivity contribution in [2.75, 3.05) is 0 Å². The Labute approximate surface area is 167 Å². The molecular formula is C28H26. The van der Waals surface area contributed by atoms with Crippen molar-refractivity contribution in [1.29, 1.82) is 0 Å². The maximum absolute atomic E-state index is 2.49. The molecule has 0 bridgehead atoms. The van der Waals surface area contributed by atoms with Crippen molar-refractivity contribution in [2.45, 2.75) is 46.0 Å². The van der Waals surface area contributed by atoms with Gasteiger partial charge in [0, 0.05) is 0 Å². The lowest BCUT2D eigenvalue weighted by Crippen LogP contribution is -2.03. The first kappa shape index (κ1) is 16.4. The van der Waals surface area contributed by atoms with Crippen LogP contribution in [0.1, 0.15) is 59.1 Å². The highest BCUT2D eigenvalue weighted by Crippen LogP contribution is 2.55. The van der Waals surface area contributed by atoms with Gasteiger partial charge in [0.15, 0.2) is 0 Å². The SMILES string of the molecule is Cc1cccc(C)c1-c1ccc2c(c1)C1=CCCc3c(C4CC4C)ccc-2c31. The Balaban J connectivity index is 1.55. The molecular weight excluding hydrogens is 336 g/mol. The highest BCUT2D eigenvalue weighted by Gasteiger charge is 2.38. The minimum absolute atomic E-state index is 0.800. The van der Waals surface area contributed by atoms with E-state index in [9.17, 15) is 0 Å². The fourth-order valence-corrected chi connectivity index (χ4v) is 5.70. The van der Waals surface area contributed by atoms with Gasteiger partial charge < -0.3 is 0 Å². The Morgan fingerprint density at radius 3 is 2.32 bits per heavy atom. The standard InChI is InChI=1S/C28H26/c1-16-6-4-7-17(2)27(16)19-10-11-21-24-13-12-20(25-14-18(25)3)22-8-5-9-23(28(22)24)26(21)15-19/h4,6-7,9-13,15,18,25H,5,8,14H2,1-3H3. The molecule has 28 heavy (non-hydrogen) atoms. The number of benzene rings is 3. The van der Waals surface area contributed by atoms with Crippen LogP contribution < -0.4 is 0 Å². The summed E-state index contributed by atoms with van der Waals surface area (Å²) in [7, 11) is 0. The zero-order valence-corrected chi connectivity index (χ0v) is 17.0. The molecule has 2 unspecified atom stereocenters. The molecule has 138 valence electrons. The van der Waals surface area contributed by atoms with Crippen molar-refractivity contribution in [3.05, 3.63) is 88.0 Å². The van der Waals surface area contributed by atoms with E-state index in [-0.39, 0.29) is 0 Å². The molecule has 0 aliphatic heterocycles. The largest absolute Gasteiger partial charge is 0.0757 e. The first-order valence-electron chi connectivity index (χ1n) is 10.7. The van der Waals surface area contributed by atoms with Crippen LogP contribution in [-0.4, -0.2) is 0 Å². The van der Waals surface area contributed by atoms with Gasteiger partial charge in [0.1, 0.15) is 0 Å². The van der Waals surface area contributed by atoms with Gasteiger partial charge in [-0.25, -0.2) is 0 Å². The molecule has 2 atom stereocenters. The summed E-state index contributed by atoms with van der Waals surface area (Å²) in [5.74, 6) is 1.66. The number of hydrogen-bond donors (Lipinski definition) is 0. The third-order valence-electron chi connectivity index (χ3n) is 7.24. The van der Waals surface area contributed by atoms with Crippen molar-refractivity contribution in [3.8, 4) is 22.3 Å². The van der Waals surface area contributed by atoms with Gasteiger partial charge >= 0.3 is 0 Å². The van der Waals surface area contributed by atoms with Gasteiger partial charge in [-0.1, -0.05) is 55.5 Å². The topological polar surface area (TPSA) is 0 Å². The molecule has 0 N–H and O–H groups in total. The second-order valence-corrected chi connectivity index (χ2v) is 9.06. The Morgan fingerprint density at radius 1 is 0.821 bits per heavy atom. The van der Waals surface area contributed by atoms with Crippen LogP contribution in [0.15, 0.2) is 54.6 Å². The normalized spacial score (nSPS) is 21.2. The Morgan fingerprint density at radius 2 is 1.57 bits per heavy atom. The minimum atomic E-state index is 0.800. The van der Waals surface area contributed by atoms with E-state index in [1.54, 1.807) is 16.7 Å². The van der Waals surface area contributed by atoms with E-state index < -0.39 is 0 Å². The first-order valence-corrected chi connectivity index (χ1v) is 10.7. The average Bonchev–Trinajstić information content (AvgIpc) is 3.33. The van der Waals surface area contributed by atoms with E-state index in [1.165, 1.54) is 63.8 Å². The van der Waals surface area contributed by atoms with Crippen LogP contribution in [0, 0.1) is 19.8 Å². The quantitative estimate of drug-likeness (QED) is 0.347. The van der Waals surface area contributed by atoms with Crippen LogP contribution in [-0.2, 0) is 6.42 Å². The molecule has 6 rings (SSSR count). The number of hydrogen-bond acceptors (Lipinski definition) is 0. The number of fused-ring (bicyclic) bond motifs is 3. The highest BCUT2D eigenvalue weighted by atomic mass is 14.4. The summed E-state index contributed by atoms with van der Waals surface area (Å²) < 4.78 is 0. The summed E-state index contributed by atoms with van der Waals surface area (Å²) in [6, 6.07) is 18.6. The molecule has 0 spiro atoms. The van der Waals surface area contributed by atoms with Gasteiger partial charge in [-0.15, -0.1) is 0 Å². The summed E-state index contributed by atoms with van der Waals surface area (Å²) >= 11 is 0. The molecule has 3 aromatic rings. The lowest BCUT2D eigenvalue weighted by molar-refractivity contribution is 0.880. The molecule has 0 amide bonds. The van der Waals surface area contributed by atoms with Gasteiger partial charge in [0.05, 0.1) is 0 Å². The monoisotopic (exact) mass is 362 g/mol. The molecule has 0 nitrogen and oxygen atoms in total. The van der Waals surface area contributed by atoms with E-state index in [0.717, 1.165) is 11.8 Å². The molecule has 0 saturated heterocycles. The van der Waals surface area contributed by atoms with Gasteiger partial charge in [0.2, 0.25) is 0 Å². The van der Waals surface area contributed by atoms with Crippen molar-refractivity contribution >= 4 is 5.57 Å². The number of allylic oxidation sites excluding steroid dienone is 1. The predicted molar refractivity (Wildman–Crippen MR) is 119 cm³/mol. The Kier molecular flexibility index (Phi) is 3.33. The smallest absolute Gasteiger partial charge is 0.00671 e. The van der Waals surface area contributed by atoms with Crippen LogP contribution in [0.4, 0.5) is 0 Å². The van der Waals surface area contributed by atoms with Crippen LogP contribution in [0.3, 0.4) is 0 Å². The second-order valence-electron chi connectivity index (χ2n) is 9.06. The lowest BCUT2D eigenvalue weighted by Gasteiger charge is -2.19. The van der Waals surface area contributed by atoms with Gasteiger partial charge in [-0.05, 0) is 112 Å². The average molecular weight is 363 g/mol. The lowest BCUT2D eigenvalue weighted by atomic mass is 9.85. The van der Waals surface area contributed by atoms with E-state index in [0.29, 0.717) is 0 Å². The van der Waals surface area contributed by atoms with E-state index in [4.69, 9.17) is 0 Å². The molecule has 0 heterocycles. The fourth-order valence-electron chi connectivity index (χ4n) is 5.70. The van der Waals surface area contributed by atoms with Crippen molar-refractivity contribution < 1.29 is 0 Å². The second kappa shape index (κ2) is 5.70. The Bertz CT molecular complexity index is 1150. The van der Waals surface area contributed by atoms with Gasteiger partial charge in [-0.3, -0.25) is 0 Å². The zero-order chi connectivity index (χ0) is 19.0. The van der Waals surface area contributed by atoms with Gasteiger partial charge in [0.25, 0.3) is 0 Å². The van der Waals surface area contributed by atoms with E-state index in [2.05, 4.69) is 75.4 Å². The fraction of sp³-hybridized carbons (Fsp3) is 0.286. The number of aryl methyl sites for hydroxylation is 2. The summed E-state index contributed by atoms with van der Waals surface area (Å²) in [4.78, 5) is 0. The predicted octanol–water partition coefficient (Wildman–Crippen LogP) is 7.45. The first-order chi connectivity index (χ1) is 13.6. The molecule has 0 radical (unpaired) electrons. The molecule has 3 aliphatic carbocycles. The molecule has 0 heteroatoms. The van der Waals surface area contributed by atoms with Crippen molar-refractivity contribution in [3.63, 3.8) is 0 Å². The molecule has 3 aliphatic rings. The molecule has 1 fully saturated rings. The van der Waals surface area contributed by atoms with E-state index >= 15 is 0 Å². The van der Waals surface area contributed by atoms with E-state index in [1.807, 2.05) is 0 Å². The van der Waals surface area contributed by atoms with Crippen molar-refractivity contribution in [1.82, 2.24) is 0 Å². The zero-order valence-electron chi connectivity index (χ0n) is 17.0. The van der Waals surface area contributed by atoms with Crippen LogP contribution in [0.2, 0.25) is 0 Å². The highest BCUT2D eigenvalue weighted by molar-refractivity contribution is 6.04. The molecule has 1 saturated carbocycles. The summed E-state index contributed by atoms with van der Waals surface area (Å²) in [5.41, 5.74) is 16.1. The Hall–Kier alpha value is -2.60. The summed E-state index contributed by atoms with van der Waals surface area (Å²) in [6.45, 7) is 6.85. The third kappa shape index (κ3) is 2.18. The van der Waals surface area contributed by atoms with Gasteiger partial charge in [-0.2, -0.15) is 0 Å². The third-order valence-corrected chi connectivity index (χ3v) is 7.24. The summed E-state index contributed by atoms with van der Waals surface area (Å²) in [5, 5.41) is 0. The molecule has 0 aromatic heterocycles. The van der Waals surface area contributed by atoms with Crippen LogP contribution in [0.25, 0.3) is 27.8 Å². The molecule has 3 aromatic carbocycles. The summed E-state index contributed by atoms with van der Waals surface area (Å²) in [6.07, 6.45) is 6.25.